The summed E-state index contributed by atoms with van der Waals surface area (Å²) in [5.41, 5.74) is 3.37. The Labute approximate surface area is 148 Å². The van der Waals surface area contributed by atoms with Crippen molar-refractivity contribution in [2.45, 2.75) is 44.6 Å². The van der Waals surface area contributed by atoms with Crippen LogP contribution in [0.3, 0.4) is 0 Å². The maximum absolute atomic E-state index is 13.3. The van der Waals surface area contributed by atoms with Crippen LogP contribution in [-0.2, 0) is 15.0 Å². The lowest BCUT2D eigenvalue weighted by atomic mass is 9.80. The van der Waals surface area contributed by atoms with Crippen molar-refractivity contribution in [2.75, 3.05) is 19.6 Å². The number of carbonyl (C=O) groups is 2. The van der Waals surface area contributed by atoms with Crippen LogP contribution in [0.1, 0.15) is 37.3 Å². The molecule has 2 aliphatic heterocycles. The largest absolute Gasteiger partial charge is 0.338 e. The minimum absolute atomic E-state index is 0.0824. The Balaban J connectivity index is 1.84. The Morgan fingerprint density at radius 2 is 2.16 bits per heavy atom. The number of hydrogen-bond acceptors (Lipinski definition) is 4. The van der Waals surface area contributed by atoms with E-state index in [-0.39, 0.29) is 24.3 Å². The first kappa shape index (κ1) is 17.9. The summed E-state index contributed by atoms with van der Waals surface area (Å²) in [5, 5.41) is 12.2. The van der Waals surface area contributed by atoms with Crippen LogP contribution in [0.5, 0.6) is 0 Å². The molecule has 3 N–H and O–H groups in total. The first-order chi connectivity index (χ1) is 12.0. The minimum atomic E-state index is -0.548. The summed E-state index contributed by atoms with van der Waals surface area (Å²) in [7, 11) is 0. The number of rotatable bonds is 5. The van der Waals surface area contributed by atoms with E-state index in [1.54, 1.807) is 5.48 Å². The lowest BCUT2D eigenvalue weighted by Crippen LogP contribution is -2.47. The van der Waals surface area contributed by atoms with E-state index in [1.807, 2.05) is 43.0 Å². The Kier molecular flexibility index (Phi) is 5.11. The molecule has 1 aromatic carbocycles. The monoisotopic (exact) mass is 345 g/mol. The van der Waals surface area contributed by atoms with Crippen LogP contribution in [-0.4, -0.2) is 47.6 Å². The highest BCUT2D eigenvalue weighted by Gasteiger charge is 2.48. The Morgan fingerprint density at radius 1 is 1.44 bits per heavy atom. The van der Waals surface area contributed by atoms with Gasteiger partial charge in [-0.15, -0.1) is 0 Å². The molecule has 1 aromatic rings. The fraction of sp³-hybridized carbons (Fsp3) is 0.579. The van der Waals surface area contributed by atoms with Gasteiger partial charge in [0.05, 0.1) is 5.41 Å². The maximum Gasteiger partial charge on any atom is 0.245 e. The molecule has 2 amide bonds. The molecule has 2 saturated heterocycles. The molecule has 0 aliphatic carbocycles. The average molecular weight is 345 g/mol. The normalized spacial score (nSPS) is 27.6. The fourth-order valence-electron chi connectivity index (χ4n) is 4.15. The molecule has 2 unspecified atom stereocenters. The third-order valence-corrected chi connectivity index (χ3v) is 5.84. The summed E-state index contributed by atoms with van der Waals surface area (Å²) >= 11 is 0. The molecule has 0 radical (unpaired) electrons. The van der Waals surface area contributed by atoms with Gasteiger partial charge in [0, 0.05) is 19.0 Å². The van der Waals surface area contributed by atoms with Crippen LogP contribution in [0.15, 0.2) is 24.3 Å². The number of carbonyl (C=O) groups excluding carboxylic acids is 2. The van der Waals surface area contributed by atoms with Gasteiger partial charge in [0.25, 0.3) is 0 Å². The van der Waals surface area contributed by atoms with E-state index in [2.05, 4.69) is 5.32 Å². The van der Waals surface area contributed by atoms with Gasteiger partial charge in [0.1, 0.15) is 0 Å². The number of amides is 2. The predicted octanol–water partition coefficient (Wildman–Crippen LogP) is 1.36. The summed E-state index contributed by atoms with van der Waals surface area (Å²) in [4.78, 5) is 27.0. The van der Waals surface area contributed by atoms with Crippen molar-refractivity contribution in [1.29, 1.82) is 0 Å². The Morgan fingerprint density at radius 3 is 2.76 bits per heavy atom. The van der Waals surface area contributed by atoms with Crippen LogP contribution in [0, 0.1) is 12.8 Å². The number of nitrogens with zero attached hydrogens (tertiary/aromatic N) is 1. The van der Waals surface area contributed by atoms with E-state index in [4.69, 9.17) is 5.21 Å². The number of hydroxylamine groups is 1. The molecule has 0 aromatic heterocycles. The first-order valence-electron chi connectivity index (χ1n) is 8.97. The standard InChI is InChI=1S/C19H27N3O3/c1-13-3-5-15(6-4-13)19(2)8-10-22(18(19)24)16(11-17(23)21-25)14-7-9-20-12-14/h3-6,14,16,20,25H,7-12H2,1-2H3,(H,21,23)/t14?,16-,19?/m0/s1. The van der Waals surface area contributed by atoms with Crippen molar-refractivity contribution in [2.24, 2.45) is 5.92 Å². The molecule has 2 fully saturated rings. The molecule has 3 rings (SSSR count). The highest BCUT2D eigenvalue weighted by molar-refractivity contribution is 5.90. The smallest absolute Gasteiger partial charge is 0.245 e. The van der Waals surface area contributed by atoms with Crippen LogP contribution < -0.4 is 10.8 Å². The molecule has 0 spiro atoms. The molecule has 25 heavy (non-hydrogen) atoms. The van der Waals surface area contributed by atoms with Gasteiger partial charge in [-0.25, -0.2) is 5.48 Å². The van der Waals surface area contributed by atoms with E-state index in [1.165, 1.54) is 5.56 Å². The molecular formula is C19H27N3O3. The summed E-state index contributed by atoms with van der Waals surface area (Å²) in [6.45, 7) is 6.37. The predicted molar refractivity (Wildman–Crippen MR) is 94.2 cm³/mol. The number of hydrogen-bond donors (Lipinski definition) is 3. The van der Waals surface area contributed by atoms with Crippen molar-refractivity contribution < 1.29 is 14.8 Å². The van der Waals surface area contributed by atoms with Gasteiger partial charge in [-0.2, -0.15) is 0 Å². The molecule has 6 nitrogen and oxygen atoms in total. The van der Waals surface area contributed by atoms with Gasteiger partial charge < -0.3 is 10.2 Å². The molecule has 136 valence electrons. The van der Waals surface area contributed by atoms with Crippen molar-refractivity contribution in [1.82, 2.24) is 15.7 Å². The zero-order valence-corrected chi connectivity index (χ0v) is 14.9. The van der Waals surface area contributed by atoms with E-state index < -0.39 is 11.3 Å². The van der Waals surface area contributed by atoms with Gasteiger partial charge in [0.2, 0.25) is 11.8 Å². The maximum atomic E-state index is 13.3. The number of likely N-dealkylation sites (tertiary alicyclic amines) is 1. The minimum Gasteiger partial charge on any atom is -0.338 e. The van der Waals surface area contributed by atoms with Crippen molar-refractivity contribution >= 4 is 11.8 Å². The molecule has 0 saturated carbocycles. The quantitative estimate of drug-likeness (QED) is 0.556. The summed E-state index contributed by atoms with van der Waals surface area (Å²) in [5.74, 6) is -0.116. The first-order valence-corrected chi connectivity index (χ1v) is 8.97. The van der Waals surface area contributed by atoms with Gasteiger partial charge in [-0.1, -0.05) is 29.8 Å². The van der Waals surface area contributed by atoms with Crippen molar-refractivity contribution in [3.05, 3.63) is 35.4 Å². The van der Waals surface area contributed by atoms with Gasteiger partial charge >= 0.3 is 0 Å². The second-order valence-electron chi connectivity index (χ2n) is 7.51. The fourth-order valence-corrected chi connectivity index (χ4v) is 4.15. The zero-order chi connectivity index (χ0) is 18.0. The van der Waals surface area contributed by atoms with Crippen LogP contribution >= 0.6 is 0 Å². The topological polar surface area (TPSA) is 81.7 Å². The second-order valence-corrected chi connectivity index (χ2v) is 7.51. The number of aryl methyl sites for hydroxylation is 1. The summed E-state index contributed by atoms with van der Waals surface area (Å²) in [6.07, 6.45) is 1.82. The molecule has 2 heterocycles. The number of nitrogens with one attached hydrogen (secondary N) is 2. The van der Waals surface area contributed by atoms with E-state index in [9.17, 15) is 9.59 Å². The Bertz CT molecular complexity index is 640. The van der Waals surface area contributed by atoms with E-state index in [0.29, 0.717) is 6.54 Å². The lowest BCUT2D eigenvalue weighted by Gasteiger charge is -2.33. The van der Waals surface area contributed by atoms with E-state index in [0.717, 1.165) is 31.5 Å². The van der Waals surface area contributed by atoms with Gasteiger partial charge in [0.15, 0.2) is 0 Å². The summed E-state index contributed by atoms with van der Waals surface area (Å²) < 4.78 is 0. The van der Waals surface area contributed by atoms with Crippen LogP contribution in [0.4, 0.5) is 0 Å². The van der Waals surface area contributed by atoms with Gasteiger partial charge in [-0.3, -0.25) is 14.8 Å². The highest BCUT2D eigenvalue weighted by atomic mass is 16.5. The van der Waals surface area contributed by atoms with Crippen molar-refractivity contribution in [3.63, 3.8) is 0 Å². The highest BCUT2D eigenvalue weighted by Crippen LogP contribution is 2.38. The average Bonchev–Trinajstić information content (AvgIpc) is 3.24. The molecule has 3 atom stereocenters. The second kappa shape index (κ2) is 7.14. The molecule has 2 aliphatic rings. The van der Waals surface area contributed by atoms with E-state index >= 15 is 0 Å². The molecule has 6 heteroatoms. The molecule has 0 bridgehead atoms. The Hall–Kier alpha value is -1.92. The third kappa shape index (κ3) is 3.41. The zero-order valence-electron chi connectivity index (χ0n) is 14.9. The third-order valence-electron chi connectivity index (χ3n) is 5.84. The van der Waals surface area contributed by atoms with Crippen LogP contribution in [0.2, 0.25) is 0 Å². The van der Waals surface area contributed by atoms with Crippen LogP contribution in [0.25, 0.3) is 0 Å². The van der Waals surface area contributed by atoms with Crippen molar-refractivity contribution in [3.8, 4) is 0 Å². The molecular weight excluding hydrogens is 318 g/mol. The SMILES string of the molecule is Cc1ccc(C2(C)CCN([C@@H](CC(=O)NO)C3CCNC3)C2=O)cc1. The summed E-state index contributed by atoms with van der Waals surface area (Å²) in [6, 6.07) is 7.95. The van der Waals surface area contributed by atoms with Gasteiger partial charge in [-0.05, 0) is 51.3 Å². The number of benzene rings is 1. The lowest BCUT2D eigenvalue weighted by molar-refractivity contribution is -0.137.